The molecule has 1 aliphatic carbocycles. The van der Waals surface area contributed by atoms with Gasteiger partial charge in [0.2, 0.25) is 0 Å². The lowest BCUT2D eigenvalue weighted by Gasteiger charge is -2.32. The quantitative estimate of drug-likeness (QED) is 0.729. The van der Waals surface area contributed by atoms with Crippen LogP contribution in [-0.2, 0) is 0 Å². The molecule has 0 aromatic heterocycles. The second-order valence-corrected chi connectivity index (χ2v) is 6.04. The molecular formula is C13H27N. The summed E-state index contributed by atoms with van der Waals surface area (Å²) >= 11 is 0. The van der Waals surface area contributed by atoms with Crippen LogP contribution in [0.1, 0.15) is 59.8 Å². The highest BCUT2D eigenvalue weighted by Gasteiger charge is 2.24. The summed E-state index contributed by atoms with van der Waals surface area (Å²) in [5.41, 5.74) is 0.524. The molecule has 0 aromatic carbocycles. The van der Waals surface area contributed by atoms with E-state index in [4.69, 9.17) is 0 Å². The van der Waals surface area contributed by atoms with Gasteiger partial charge in [-0.1, -0.05) is 27.7 Å². The summed E-state index contributed by atoms with van der Waals surface area (Å²) in [5.74, 6) is 0.991. The highest BCUT2D eigenvalue weighted by atomic mass is 14.9. The van der Waals surface area contributed by atoms with E-state index < -0.39 is 0 Å². The average molecular weight is 197 g/mol. The summed E-state index contributed by atoms with van der Waals surface area (Å²) < 4.78 is 0. The zero-order chi connectivity index (χ0) is 10.6. The molecule has 0 spiro atoms. The summed E-state index contributed by atoms with van der Waals surface area (Å²) in [4.78, 5) is 0. The minimum Gasteiger partial charge on any atom is -0.314 e. The molecule has 0 atom stereocenters. The van der Waals surface area contributed by atoms with Crippen LogP contribution in [0.3, 0.4) is 0 Å². The fourth-order valence-corrected chi connectivity index (χ4v) is 2.73. The molecule has 1 fully saturated rings. The highest BCUT2D eigenvalue weighted by molar-refractivity contribution is 4.79. The average Bonchev–Trinajstić information content (AvgIpc) is 2.06. The van der Waals surface area contributed by atoms with Crippen LogP contribution in [0.4, 0.5) is 0 Å². The Kier molecular flexibility index (Phi) is 4.43. The van der Waals surface area contributed by atoms with Gasteiger partial charge in [-0.25, -0.2) is 0 Å². The number of hydrogen-bond donors (Lipinski definition) is 1. The molecule has 0 aromatic rings. The third kappa shape index (κ3) is 4.45. The van der Waals surface area contributed by atoms with Crippen LogP contribution >= 0.6 is 0 Å². The predicted octanol–water partition coefficient (Wildman–Crippen LogP) is 3.59. The van der Waals surface area contributed by atoms with E-state index in [9.17, 15) is 0 Å². The number of rotatable bonds is 3. The van der Waals surface area contributed by atoms with Gasteiger partial charge < -0.3 is 5.32 Å². The molecule has 1 nitrogen and oxygen atoms in total. The van der Waals surface area contributed by atoms with Crippen molar-refractivity contribution in [1.29, 1.82) is 0 Å². The van der Waals surface area contributed by atoms with Crippen LogP contribution in [0.5, 0.6) is 0 Å². The second-order valence-electron chi connectivity index (χ2n) is 6.04. The van der Waals surface area contributed by atoms with Gasteiger partial charge in [0.15, 0.2) is 0 Å². The predicted molar refractivity (Wildman–Crippen MR) is 63.5 cm³/mol. The first-order valence-corrected chi connectivity index (χ1v) is 6.24. The van der Waals surface area contributed by atoms with Gasteiger partial charge >= 0.3 is 0 Å². The normalized spacial score (nSPS) is 29.1. The molecule has 1 N–H and O–H groups in total. The van der Waals surface area contributed by atoms with E-state index in [0.717, 1.165) is 18.5 Å². The molecule has 0 aliphatic heterocycles. The van der Waals surface area contributed by atoms with Gasteiger partial charge in [0.1, 0.15) is 0 Å². The van der Waals surface area contributed by atoms with Gasteiger partial charge in [-0.3, -0.25) is 0 Å². The van der Waals surface area contributed by atoms with Crippen LogP contribution in [-0.4, -0.2) is 12.6 Å². The van der Waals surface area contributed by atoms with Crippen molar-refractivity contribution in [3.63, 3.8) is 0 Å². The molecule has 0 heterocycles. The first-order valence-electron chi connectivity index (χ1n) is 6.24. The highest BCUT2D eigenvalue weighted by Crippen LogP contribution is 2.34. The third-order valence-corrected chi connectivity index (χ3v) is 3.24. The maximum absolute atomic E-state index is 3.57. The standard InChI is InChI=1S/C13H27N/c1-5-14-12-8-6-11(7-9-12)10-13(2,3)4/h11-12,14H,5-10H2,1-4H3/t11-,12-. The van der Waals surface area contributed by atoms with E-state index in [1.165, 1.54) is 32.1 Å². The zero-order valence-corrected chi connectivity index (χ0v) is 10.4. The summed E-state index contributed by atoms with van der Waals surface area (Å²) in [5, 5.41) is 3.57. The zero-order valence-electron chi connectivity index (χ0n) is 10.4. The molecule has 84 valence electrons. The molecule has 0 radical (unpaired) electrons. The lowest BCUT2D eigenvalue weighted by molar-refractivity contribution is 0.216. The first kappa shape index (κ1) is 12.0. The molecule has 1 saturated carbocycles. The maximum atomic E-state index is 3.57. The van der Waals surface area contributed by atoms with Gasteiger partial charge in [0, 0.05) is 6.04 Å². The van der Waals surface area contributed by atoms with Crippen molar-refractivity contribution in [3.05, 3.63) is 0 Å². The third-order valence-electron chi connectivity index (χ3n) is 3.24. The maximum Gasteiger partial charge on any atom is 0.00671 e. The fraction of sp³-hybridized carbons (Fsp3) is 1.00. The lowest BCUT2D eigenvalue weighted by atomic mass is 9.76. The summed E-state index contributed by atoms with van der Waals surface area (Å²) in [6, 6.07) is 0.816. The van der Waals surface area contributed by atoms with Crippen molar-refractivity contribution in [2.45, 2.75) is 65.8 Å². The second kappa shape index (κ2) is 5.16. The van der Waals surface area contributed by atoms with Gasteiger partial charge in [-0.15, -0.1) is 0 Å². The Hall–Kier alpha value is -0.0400. The van der Waals surface area contributed by atoms with Crippen LogP contribution in [0, 0.1) is 11.3 Å². The van der Waals surface area contributed by atoms with Crippen LogP contribution in [0.15, 0.2) is 0 Å². The molecule has 0 amide bonds. The minimum atomic E-state index is 0.524. The van der Waals surface area contributed by atoms with Crippen LogP contribution in [0.2, 0.25) is 0 Å². The van der Waals surface area contributed by atoms with Crippen molar-refractivity contribution in [1.82, 2.24) is 5.32 Å². The molecule has 0 bridgehead atoms. The van der Waals surface area contributed by atoms with E-state index in [2.05, 4.69) is 33.0 Å². The number of nitrogens with one attached hydrogen (secondary N) is 1. The Balaban J connectivity index is 2.22. The van der Waals surface area contributed by atoms with Gasteiger partial charge in [-0.2, -0.15) is 0 Å². The lowest BCUT2D eigenvalue weighted by Crippen LogP contribution is -2.33. The van der Waals surface area contributed by atoms with Crippen molar-refractivity contribution in [2.75, 3.05) is 6.54 Å². The van der Waals surface area contributed by atoms with Crippen molar-refractivity contribution >= 4 is 0 Å². The first-order chi connectivity index (χ1) is 6.51. The van der Waals surface area contributed by atoms with Crippen LogP contribution in [0.25, 0.3) is 0 Å². The number of hydrogen-bond acceptors (Lipinski definition) is 1. The van der Waals surface area contributed by atoms with Gasteiger partial charge in [0.25, 0.3) is 0 Å². The Morgan fingerprint density at radius 1 is 1.07 bits per heavy atom. The Labute approximate surface area is 89.7 Å². The van der Waals surface area contributed by atoms with E-state index in [-0.39, 0.29) is 0 Å². The van der Waals surface area contributed by atoms with Gasteiger partial charge in [-0.05, 0) is 50.0 Å². The molecule has 1 aliphatic rings. The van der Waals surface area contributed by atoms with Crippen LogP contribution < -0.4 is 5.32 Å². The molecule has 1 rings (SSSR count). The van der Waals surface area contributed by atoms with E-state index in [0.29, 0.717) is 5.41 Å². The molecule has 0 saturated heterocycles. The van der Waals surface area contributed by atoms with Gasteiger partial charge in [0.05, 0.1) is 0 Å². The fourth-order valence-electron chi connectivity index (χ4n) is 2.73. The summed E-state index contributed by atoms with van der Waals surface area (Å²) in [6.45, 7) is 10.4. The summed E-state index contributed by atoms with van der Waals surface area (Å²) in [7, 11) is 0. The van der Waals surface area contributed by atoms with Crippen molar-refractivity contribution in [2.24, 2.45) is 11.3 Å². The smallest absolute Gasteiger partial charge is 0.00671 e. The monoisotopic (exact) mass is 197 g/mol. The molecular weight excluding hydrogens is 170 g/mol. The SMILES string of the molecule is CCN[C@H]1CC[C@H](CC(C)(C)C)CC1. The minimum absolute atomic E-state index is 0.524. The topological polar surface area (TPSA) is 12.0 Å². The summed E-state index contributed by atoms with van der Waals surface area (Å²) in [6.07, 6.45) is 7.08. The Bertz CT molecular complexity index is 149. The molecule has 14 heavy (non-hydrogen) atoms. The largest absolute Gasteiger partial charge is 0.314 e. The molecule has 0 unspecified atom stereocenters. The van der Waals surface area contributed by atoms with Crippen molar-refractivity contribution in [3.8, 4) is 0 Å². The van der Waals surface area contributed by atoms with E-state index in [1.54, 1.807) is 0 Å². The Morgan fingerprint density at radius 3 is 2.07 bits per heavy atom. The van der Waals surface area contributed by atoms with E-state index in [1.807, 2.05) is 0 Å². The van der Waals surface area contributed by atoms with Crippen molar-refractivity contribution < 1.29 is 0 Å². The Morgan fingerprint density at radius 2 is 1.64 bits per heavy atom. The molecule has 1 heteroatoms. The van der Waals surface area contributed by atoms with E-state index >= 15 is 0 Å².